The highest BCUT2D eigenvalue weighted by Crippen LogP contribution is 2.04. The molecule has 0 aromatic rings. The van der Waals surface area contributed by atoms with Gasteiger partial charge in [0.2, 0.25) is 17.7 Å². The third-order valence-electron chi connectivity index (χ3n) is 4.01. The lowest BCUT2D eigenvalue weighted by molar-refractivity contribution is -0.145. The Morgan fingerprint density at radius 2 is 1.45 bits per heavy atom. The van der Waals surface area contributed by atoms with Gasteiger partial charge in [-0.1, -0.05) is 0 Å². The van der Waals surface area contributed by atoms with Crippen LogP contribution in [0.4, 0.5) is 0 Å². The van der Waals surface area contributed by atoms with Crippen LogP contribution in [0.15, 0.2) is 0 Å². The van der Waals surface area contributed by atoms with E-state index in [0.717, 1.165) is 0 Å². The van der Waals surface area contributed by atoms with Gasteiger partial charge in [0.25, 0.3) is 0 Å². The van der Waals surface area contributed by atoms with Crippen LogP contribution in [0.3, 0.4) is 0 Å². The Balaban J connectivity index is 4.98. The number of aliphatic hydroxyl groups is 1. The Morgan fingerprint density at radius 1 is 0.897 bits per heavy atom. The molecular formula is C17H32N4O6S2. The molecule has 0 aliphatic carbocycles. The number of nitrogens with two attached hydrogens (primary N) is 1. The van der Waals surface area contributed by atoms with Crippen molar-refractivity contribution in [1.29, 1.82) is 0 Å². The van der Waals surface area contributed by atoms with Crippen molar-refractivity contribution in [3.63, 3.8) is 0 Å². The van der Waals surface area contributed by atoms with Crippen LogP contribution in [0.1, 0.15) is 26.7 Å². The number of carbonyl (C=O) groups excluding carboxylic acids is 3. The largest absolute Gasteiger partial charge is 0.480 e. The molecule has 0 aliphatic rings. The molecule has 0 saturated heterocycles. The van der Waals surface area contributed by atoms with Gasteiger partial charge < -0.3 is 31.9 Å². The molecule has 3 amide bonds. The Kier molecular flexibility index (Phi) is 13.7. The van der Waals surface area contributed by atoms with E-state index in [1.54, 1.807) is 11.8 Å². The maximum absolute atomic E-state index is 12.5. The number of aliphatic carboxylic acids is 1. The first-order chi connectivity index (χ1) is 13.5. The van der Waals surface area contributed by atoms with Gasteiger partial charge in [0.15, 0.2) is 6.04 Å². The first kappa shape index (κ1) is 27.5. The molecule has 0 aliphatic heterocycles. The predicted octanol–water partition coefficient (Wildman–Crippen LogP) is -1.24. The van der Waals surface area contributed by atoms with Crippen LogP contribution in [-0.2, 0) is 19.2 Å². The van der Waals surface area contributed by atoms with Gasteiger partial charge in [-0.15, -0.1) is 0 Å². The Hall–Kier alpha value is -1.50. The molecule has 0 radical (unpaired) electrons. The zero-order valence-corrected chi connectivity index (χ0v) is 18.8. The minimum absolute atomic E-state index is 0.249. The molecule has 0 fully saturated rings. The van der Waals surface area contributed by atoms with Crippen molar-refractivity contribution in [2.45, 2.75) is 57.0 Å². The molecule has 0 bridgehead atoms. The molecule has 29 heavy (non-hydrogen) atoms. The van der Waals surface area contributed by atoms with Gasteiger partial charge in [0, 0.05) is 0 Å². The van der Waals surface area contributed by atoms with Crippen molar-refractivity contribution in [2.24, 2.45) is 5.73 Å². The second-order valence-corrected chi connectivity index (χ2v) is 8.50. The molecule has 5 unspecified atom stereocenters. The number of carbonyl (C=O) groups is 4. The van der Waals surface area contributed by atoms with E-state index in [0.29, 0.717) is 17.9 Å². The van der Waals surface area contributed by atoms with E-state index >= 15 is 0 Å². The van der Waals surface area contributed by atoms with Crippen molar-refractivity contribution in [3.8, 4) is 0 Å². The first-order valence-electron chi connectivity index (χ1n) is 9.10. The van der Waals surface area contributed by atoms with Gasteiger partial charge in [-0.3, -0.25) is 14.4 Å². The standard InChI is InChI=1S/C17H32N4O6S2/c1-9(19-15(24)11(18)5-7-28-3)14(23)20-12(6-8-29-4)16(25)21-13(10(2)22)17(26)27/h9-13,22H,5-8,18H2,1-4H3,(H,19,24)(H,20,23)(H,21,25)(H,26,27). The summed E-state index contributed by atoms with van der Waals surface area (Å²) in [6, 6.07) is -4.18. The Bertz CT molecular complexity index is 564. The van der Waals surface area contributed by atoms with Gasteiger partial charge in [-0.05, 0) is 50.7 Å². The molecule has 0 saturated carbocycles. The fraction of sp³-hybridized carbons (Fsp3) is 0.765. The SMILES string of the molecule is CSCCC(N)C(=O)NC(C)C(=O)NC(CCSC)C(=O)NC(C(=O)O)C(C)O. The molecular weight excluding hydrogens is 420 g/mol. The summed E-state index contributed by atoms with van der Waals surface area (Å²) in [5.41, 5.74) is 5.78. The number of carboxylic acid groups (broad SMARTS) is 1. The summed E-state index contributed by atoms with van der Waals surface area (Å²) < 4.78 is 0. The summed E-state index contributed by atoms with van der Waals surface area (Å²) in [5, 5.41) is 25.9. The first-order valence-corrected chi connectivity index (χ1v) is 11.9. The van der Waals surface area contributed by atoms with Crippen LogP contribution in [-0.4, -0.2) is 88.2 Å². The number of nitrogens with one attached hydrogen (secondary N) is 3. The van der Waals surface area contributed by atoms with E-state index < -0.39 is 54.0 Å². The van der Waals surface area contributed by atoms with E-state index in [-0.39, 0.29) is 6.42 Å². The summed E-state index contributed by atoms with van der Waals surface area (Å²) in [4.78, 5) is 48.1. The van der Waals surface area contributed by atoms with Crippen molar-refractivity contribution >= 4 is 47.2 Å². The van der Waals surface area contributed by atoms with Crippen LogP contribution in [0, 0.1) is 0 Å². The number of rotatable bonds is 14. The maximum Gasteiger partial charge on any atom is 0.328 e. The van der Waals surface area contributed by atoms with Gasteiger partial charge >= 0.3 is 5.97 Å². The normalized spacial score (nSPS) is 16.1. The summed E-state index contributed by atoms with van der Waals surface area (Å²) in [5.74, 6) is -1.93. The average molecular weight is 453 g/mol. The molecule has 0 rings (SSSR count). The Labute approximate surface area is 179 Å². The number of aliphatic hydroxyl groups excluding tert-OH is 1. The van der Waals surface area contributed by atoms with Gasteiger partial charge in [0.1, 0.15) is 12.1 Å². The van der Waals surface area contributed by atoms with Crippen LogP contribution in [0.2, 0.25) is 0 Å². The van der Waals surface area contributed by atoms with Crippen molar-refractivity contribution in [2.75, 3.05) is 24.0 Å². The average Bonchev–Trinajstić information content (AvgIpc) is 2.65. The van der Waals surface area contributed by atoms with Gasteiger partial charge in [-0.2, -0.15) is 23.5 Å². The van der Waals surface area contributed by atoms with E-state index in [2.05, 4.69) is 16.0 Å². The number of hydrogen-bond donors (Lipinski definition) is 6. The molecule has 0 aromatic carbocycles. The molecule has 12 heteroatoms. The van der Waals surface area contributed by atoms with Crippen LogP contribution in [0.5, 0.6) is 0 Å². The van der Waals surface area contributed by atoms with E-state index in [1.165, 1.54) is 25.6 Å². The zero-order valence-electron chi connectivity index (χ0n) is 17.1. The van der Waals surface area contributed by atoms with E-state index in [1.807, 2.05) is 12.5 Å². The third kappa shape index (κ3) is 10.7. The smallest absolute Gasteiger partial charge is 0.328 e. The number of amides is 3. The van der Waals surface area contributed by atoms with Crippen molar-refractivity contribution in [1.82, 2.24) is 16.0 Å². The van der Waals surface area contributed by atoms with Crippen molar-refractivity contribution < 1.29 is 29.4 Å². The van der Waals surface area contributed by atoms with Gasteiger partial charge in [0.05, 0.1) is 12.1 Å². The highest BCUT2D eigenvalue weighted by atomic mass is 32.2. The van der Waals surface area contributed by atoms with Gasteiger partial charge in [-0.25, -0.2) is 4.79 Å². The molecule has 0 aromatic heterocycles. The van der Waals surface area contributed by atoms with Crippen molar-refractivity contribution in [3.05, 3.63) is 0 Å². The fourth-order valence-electron chi connectivity index (χ4n) is 2.21. The second-order valence-electron chi connectivity index (χ2n) is 6.53. The van der Waals surface area contributed by atoms with Crippen LogP contribution >= 0.6 is 23.5 Å². The highest BCUT2D eigenvalue weighted by molar-refractivity contribution is 7.98. The number of thioether (sulfide) groups is 2. The topological polar surface area (TPSA) is 171 Å². The second kappa shape index (κ2) is 14.5. The summed E-state index contributed by atoms with van der Waals surface area (Å²) in [7, 11) is 0. The van der Waals surface area contributed by atoms with Crippen LogP contribution in [0.25, 0.3) is 0 Å². The lowest BCUT2D eigenvalue weighted by Crippen LogP contribution is -2.57. The molecule has 5 atom stereocenters. The lowest BCUT2D eigenvalue weighted by Gasteiger charge is -2.24. The molecule has 0 spiro atoms. The zero-order chi connectivity index (χ0) is 22.6. The highest BCUT2D eigenvalue weighted by Gasteiger charge is 2.30. The van der Waals surface area contributed by atoms with Crippen LogP contribution < -0.4 is 21.7 Å². The summed E-state index contributed by atoms with van der Waals surface area (Å²) in [6.45, 7) is 2.71. The predicted molar refractivity (Wildman–Crippen MR) is 115 cm³/mol. The summed E-state index contributed by atoms with van der Waals surface area (Å²) in [6.07, 6.45) is 3.13. The molecule has 7 N–H and O–H groups in total. The molecule has 168 valence electrons. The monoisotopic (exact) mass is 452 g/mol. The summed E-state index contributed by atoms with van der Waals surface area (Å²) >= 11 is 3.01. The lowest BCUT2D eigenvalue weighted by atomic mass is 10.1. The Morgan fingerprint density at radius 3 is 1.93 bits per heavy atom. The molecule has 0 heterocycles. The maximum atomic E-state index is 12.5. The number of hydrogen-bond acceptors (Lipinski definition) is 8. The molecule has 10 nitrogen and oxygen atoms in total. The van der Waals surface area contributed by atoms with E-state index in [9.17, 15) is 24.3 Å². The minimum atomic E-state index is -1.50. The third-order valence-corrected chi connectivity index (χ3v) is 5.30. The number of carboxylic acids is 1. The fourth-order valence-corrected chi connectivity index (χ4v) is 3.17. The minimum Gasteiger partial charge on any atom is -0.480 e. The quantitative estimate of drug-likeness (QED) is 0.189. The van der Waals surface area contributed by atoms with E-state index in [4.69, 9.17) is 10.8 Å².